The summed E-state index contributed by atoms with van der Waals surface area (Å²) in [7, 11) is 0. The number of carboxylic acids is 1. The summed E-state index contributed by atoms with van der Waals surface area (Å²) < 4.78 is 35.2. The number of aromatic nitrogens is 3. The van der Waals surface area contributed by atoms with E-state index >= 15 is 4.39 Å². The van der Waals surface area contributed by atoms with Crippen molar-refractivity contribution in [1.82, 2.24) is 19.4 Å². The molecule has 214 valence electrons. The standard InChI is InChI=1S/C29H28ClFN4O5S/c1-29(21-6-5-17(30)13-32-21)39-20-4-2-3-19(25(20)40-29)16-7-10-34(11-8-16)15-22-33-27-24(23(31)26(41-27)28(36)37)35(22)14-18-9-12-38-18/h2-6,13,16,18H,7-12,14-15H2,1H3,(H,36,37). The number of carboxylic acid groups (broad SMARTS) is 1. The maximum Gasteiger partial charge on any atom is 0.349 e. The highest BCUT2D eigenvalue weighted by Gasteiger charge is 2.42. The van der Waals surface area contributed by atoms with Gasteiger partial charge in [0.1, 0.15) is 21.9 Å². The van der Waals surface area contributed by atoms with Crippen molar-refractivity contribution < 1.29 is 28.5 Å². The number of benzene rings is 1. The Morgan fingerprint density at radius 1 is 1.22 bits per heavy atom. The molecule has 12 heteroatoms. The Bertz CT molecular complexity index is 1630. The van der Waals surface area contributed by atoms with Gasteiger partial charge in [-0.2, -0.15) is 0 Å². The number of nitrogens with zero attached hydrogens (tertiary/aromatic N) is 4. The molecular formula is C29H28ClFN4O5S. The van der Waals surface area contributed by atoms with Gasteiger partial charge in [-0.05, 0) is 56.5 Å². The minimum absolute atomic E-state index is 0.0133. The summed E-state index contributed by atoms with van der Waals surface area (Å²) in [6.45, 7) is 5.22. The monoisotopic (exact) mass is 598 g/mol. The molecule has 0 spiro atoms. The van der Waals surface area contributed by atoms with Crippen molar-refractivity contribution in [3.63, 3.8) is 0 Å². The molecule has 41 heavy (non-hydrogen) atoms. The lowest BCUT2D eigenvalue weighted by atomic mass is 9.88. The van der Waals surface area contributed by atoms with Gasteiger partial charge < -0.3 is 23.9 Å². The van der Waals surface area contributed by atoms with Crippen LogP contribution in [0.3, 0.4) is 0 Å². The van der Waals surface area contributed by atoms with Crippen LogP contribution in [0.4, 0.5) is 4.39 Å². The number of ether oxygens (including phenoxy) is 3. The summed E-state index contributed by atoms with van der Waals surface area (Å²) in [5.41, 5.74) is 2.03. The van der Waals surface area contributed by atoms with Crippen molar-refractivity contribution in [2.75, 3.05) is 19.7 Å². The van der Waals surface area contributed by atoms with Crippen molar-refractivity contribution in [2.45, 2.75) is 57.1 Å². The van der Waals surface area contributed by atoms with Crippen LogP contribution in [-0.4, -0.2) is 56.3 Å². The molecule has 0 radical (unpaired) electrons. The van der Waals surface area contributed by atoms with Crippen LogP contribution in [0.5, 0.6) is 11.5 Å². The molecule has 1 aromatic carbocycles. The summed E-state index contributed by atoms with van der Waals surface area (Å²) in [4.78, 5) is 23.0. The third-order valence-corrected chi connectivity index (χ3v) is 9.45. The second kappa shape index (κ2) is 10.2. The molecule has 1 N–H and O–H groups in total. The van der Waals surface area contributed by atoms with Gasteiger partial charge in [0.15, 0.2) is 22.2 Å². The highest BCUT2D eigenvalue weighted by molar-refractivity contribution is 7.20. The quantitative estimate of drug-likeness (QED) is 0.285. The largest absolute Gasteiger partial charge is 0.477 e. The van der Waals surface area contributed by atoms with E-state index < -0.39 is 17.6 Å². The molecule has 0 bridgehead atoms. The van der Waals surface area contributed by atoms with Crippen molar-refractivity contribution >= 4 is 39.3 Å². The van der Waals surface area contributed by atoms with E-state index in [0.717, 1.165) is 60.8 Å². The van der Waals surface area contributed by atoms with E-state index in [1.165, 1.54) is 0 Å². The van der Waals surface area contributed by atoms with Crippen LogP contribution in [-0.2, 0) is 23.6 Å². The number of thiophene rings is 1. The first-order valence-corrected chi connectivity index (χ1v) is 14.9. The van der Waals surface area contributed by atoms with E-state index in [4.69, 9.17) is 25.8 Å². The highest BCUT2D eigenvalue weighted by atomic mass is 35.5. The molecule has 3 aliphatic rings. The molecule has 7 rings (SSSR count). The molecule has 6 heterocycles. The van der Waals surface area contributed by atoms with Gasteiger partial charge in [0.2, 0.25) is 0 Å². The van der Waals surface area contributed by atoms with E-state index in [1.54, 1.807) is 12.3 Å². The molecule has 2 saturated heterocycles. The predicted octanol–water partition coefficient (Wildman–Crippen LogP) is 5.80. The Labute approximate surface area is 244 Å². The first-order valence-electron chi connectivity index (χ1n) is 13.7. The zero-order chi connectivity index (χ0) is 28.3. The topological polar surface area (TPSA) is 98.9 Å². The number of likely N-dealkylation sites (tertiary alicyclic amines) is 1. The van der Waals surface area contributed by atoms with Gasteiger partial charge in [-0.1, -0.05) is 23.7 Å². The maximum atomic E-state index is 15.1. The lowest BCUT2D eigenvalue weighted by molar-refractivity contribution is -0.0722. The lowest BCUT2D eigenvalue weighted by Gasteiger charge is -2.33. The number of rotatable bonds is 7. The Morgan fingerprint density at radius 2 is 2.02 bits per heavy atom. The second-order valence-corrected chi connectivity index (χ2v) is 12.3. The molecule has 4 aromatic rings. The van der Waals surface area contributed by atoms with E-state index in [1.807, 2.05) is 29.7 Å². The number of aromatic carboxylic acids is 1. The first-order chi connectivity index (χ1) is 19.8. The molecule has 3 aromatic heterocycles. The fraction of sp³-hybridized carbons (Fsp3) is 0.414. The predicted molar refractivity (Wildman–Crippen MR) is 150 cm³/mol. The summed E-state index contributed by atoms with van der Waals surface area (Å²) in [6, 6.07) is 9.60. The van der Waals surface area contributed by atoms with Crippen LogP contribution in [0.1, 0.15) is 58.9 Å². The SMILES string of the molecule is CC1(c2ccc(Cl)cn2)Oc2cccc(C3CCN(Cc4nc5sc(C(=O)O)c(F)c5n4CC4CCO4)CC3)c2O1. The van der Waals surface area contributed by atoms with Gasteiger partial charge in [0, 0.05) is 25.3 Å². The third kappa shape index (κ3) is 4.74. The number of para-hydroxylation sites is 1. The van der Waals surface area contributed by atoms with Gasteiger partial charge in [0.05, 0.1) is 24.2 Å². The number of piperidine rings is 1. The molecule has 3 aliphatic heterocycles. The number of carbonyl (C=O) groups is 1. The Balaban J connectivity index is 1.07. The van der Waals surface area contributed by atoms with E-state index in [-0.39, 0.29) is 22.4 Å². The van der Waals surface area contributed by atoms with Gasteiger partial charge in [-0.25, -0.2) is 14.2 Å². The van der Waals surface area contributed by atoms with Crippen LogP contribution >= 0.6 is 22.9 Å². The van der Waals surface area contributed by atoms with Gasteiger partial charge in [-0.3, -0.25) is 9.88 Å². The van der Waals surface area contributed by atoms with Crippen molar-refractivity contribution in [2.24, 2.45) is 0 Å². The number of fused-ring (bicyclic) bond motifs is 2. The van der Waals surface area contributed by atoms with Crippen LogP contribution < -0.4 is 9.47 Å². The Kier molecular flexibility index (Phi) is 6.65. The lowest BCUT2D eigenvalue weighted by Crippen LogP contribution is -2.35. The average Bonchev–Trinajstić information content (AvgIpc) is 3.57. The maximum absolute atomic E-state index is 15.1. The average molecular weight is 599 g/mol. The normalized spacial score (nSPS) is 22.8. The second-order valence-electron chi connectivity index (χ2n) is 10.9. The van der Waals surface area contributed by atoms with Crippen LogP contribution in [0, 0.1) is 5.82 Å². The number of hydrogen-bond acceptors (Lipinski definition) is 8. The summed E-state index contributed by atoms with van der Waals surface area (Å²) in [5, 5.41) is 9.95. The van der Waals surface area contributed by atoms with E-state index in [2.05, 4.69) is 20.9 Å². The van der Waals surface area contributed by atoms with E-state index in [0.29, 0.717) is 41.0 Å². The number of pyridine rings is 1. The van der Waals surface area contributed by atoms with Crippen LogP contribution in [0.25, 0.3) is 10.3 Å². The van der Waals surface area contributed by atoms with Gasteiger partial charge in [0.25, 0.3) is 5.79 Å². The number of hydrogen-bond donors (Lipinski definition) is 1. The minimum atomic E-state index is -1.27. The Hall–Kier alpha value is -3.25. The fourth-order valence-electron chi connectivity index (χ4n) is 5.92. The molecule has 2 unspecified atom stereocenters. The van der Waals surface area contributed by atoms with Crippen LogP contribution in [0.2, 0.25) is 5.02 Å². The third-order valence-electron chi connectivity index (χ3n) is 8.19. The fourth-order valence-corrected chi connectivity index (χ4v) is 6.94. The minimum Gasteiger partial charge on any atom is -0.477 e. The molecule has 2 atom stereocenters. The van der Waals surface area contributed by atoms with Gasteiger partial charge >= 0.3 is 5.97 Å². The smallest absolute Gasteiger partial charge is 0.349 e. The molecular weight excluding hydrogens is 571 g/mol. The van der Waals surface area contributed by atoms with Gasteiger partial charge in [-0.15, -0.1) is 11.3 Å². The van der Waals surface area contributed by atoms with E-state index in [9.17, 15) is 9.90 Å². The Morgan fingerprint density at radius 3 is 2.71 bits per heavy atom. The summed E-state index contributed by atoms with van der Waals surface area (Å²) >= 11 is 6.91. The zero-order valence-electron chi connectivity index (χ0n) is 22.3. The highest BCUT2D eigenvalue weighted by Crippen LogP contribution is 2.49. The van der Waals surface area contributed by atoms with Crippen molar-refractivity contribution in [1.29, 1.82) is 0 Å². The van der Waals surface area contributed by atoms with Crippen LogP contribution in [0.15, 0.2) is 36.5 Å². The molecule has 2 fully saturated rings. The zero-order valence-corrected chi connectivity index (χ0v) is 23.9. The number of imidazole rings is 1. The first kappa shape index (κ1) is 26.6. The van der Waals surface area contributed by atoms with Crippen molar-refractivity contribution in [3.05, 3.63) is 69.3 Å². The molecule has 0 aliphatic carbocycles. The number of halogens is 2. The molecule has 0 amide bonds. The molecule has 9 nitrogen and oxygen atoms in total. The summed E-state index contributed by atoms with van der Waals surface area (Å²) in [5.74, 6) is -0.541. The molecule has 0 saturated carbocycles. The summed E-state index contributed by atoms with van der Waals surface area (Å²) in [6.07, 6.45) is 4.28. The van der Waals surface area contributed by atoms with Crippen molar-refractivity contribution in [3.8, 4) is 11.5 Å².